The van der Waals surface area contributed by atoms with Gasteiger partial charge in [0.05, 0.1) is 5.16 Å². The molecule has 0 saturated heterocycles. The molecule has 4 heteroatoms. The van der Waals surface area contributed by atoms with Crippen molar-refractivity contribution in [1.29, 1.82) is 0 Å². The summed E-state index contributed by atoms with van der Waals surface area (Å²) in [6, 6.07) is 0. The minimum atomic E-state index is 0.139. The zero-order valence-electron chi connectivity index (χ0n) is 8.44. The van der Waals surface area contributed by atoms with Crippen LogP contribution in [0.4, 0.5) is 0 Å². The van der Waals surface area contributed by atoms with Crippen LogP contribution in [0.3, 0.4) is 0 Å². The standard InChI is InChI=1S/C7H16N2.C2H4ClN/c1-6(7(2)8)4-5-9-3;1-2(3)4/h6,9H,2,4-5,8H2,1,3H3;1,4H2. The van der Waals surface area contributed by atoms with Crippen molar-refractivity contribution in [1.82, 2.24) is 5.32 Å². The summed E-state index contributed by atoms with van der Waals surface area (Å²) in [5.41, 5.74) is 10.9. The molecule has 0 aromatic heterocycles. The van der Waals surface area contributed by atoms with E-state index in [1.807, 2.05) is 7.05 Å². The highest BCUT2D eigenvalue weighted by atomic mass is 35.5. The van der Waals surface area contributed by atoms with Gasteiger partial charge < -0.3 is 16.8 Å². The van der Waals surface area contributed by atoms with Crippen LogP contribution in [0.5, 0.6) is 0 Å². The van der Waals surface area contributed by atoms with E-state index in [1.165, 1.54) is 0 Å². The molecule has 0 fully saturated rings. The molecule has 0 saturated carbocycles. The molecule has 0 aliphatic heterocycles. The second-order valence-electron chi connectivity index (χ2n) is 2.82. The molecule has 0 heterocycles. The molecule has 0 aliphatic rings. The number of halogens is 1. The molecule has 78 valence electrons. The molecule has 0 aliphatic carbocycles. The predicted molar refractivity (Wildman–Crippen MR) is 60.2 cm³/mol. The van der Waals surface area contributed by atoms with Crippen LogP contribution < -0.4 is 16.8 Å². The number of hydrogen-bond acceptors (Lipinski definition) is 3. The smallest absolute Gasteiger partial charge is 0.0918 e. The normalized spacial score (nSPS) is 11.0. The Kier molecular flexibility index (Phi) is 10.7. The van der Waals surface area contributed by atoms with Gasteiger partial charge in [-0.25, -0.2) is 0 Å². The van der Waals surface area contributed by atoms with Gasteiger partial charge in [-0.05, 0) is 25.9 Å². The number of rotatable bonds is 4. The lowest BCUT2D eigenvalue weighted by molar-refractivity contribution is 0.581. The molecule has 0 rings (SSSR count). The first-order chi connectivity index (χ1) is 5.91. The average molecular weight is 206 g/mol. The van der Waals surface area contributed by atoms with Crippen LogP contribution in [0.15, 0.2) is 24.0 Å². The van der Waals surface area contributed by atoms with Gasteiger partial charge in [-0.15, -0.1) is 0 Å². The lowest BCUT2D eigenvalue weighted by atomic mass is 10.1. The SMILES string of the molecule is C=C(N)C(C)CCNC.C=C(N)Cl. The summed E-state index contributed by atoms with van der Waals surface area (Å²) >= 11 is 4.86. The molecular formula is C9H20ClN3. The second-order valence-corrected chi connectivity index (χ2v) is 3.30. The van der Waals surface area contributed by atoms with Crippen LogP contribution in [0, 0.1) is 5.92 Å². The summed E-state index contributed by atoms with van der Waals surface area (Å²) in [5, 5.41) is 3.20. The van der Waals surface area contributed by atoms with E-state index in [4.69, 9.17) is 17.3 Å². The van der Waals surface area contributed by atoms with Gasteiger partial charge >= 0.3 is 0 Å². The van der Waals surface area contributed by atoms with Crippen molar-refractivity contribution in [3.63, 3.8) is 0 Å². The summed E-state index contributed by atoms with van der Waals surface area (Å²) in [5.74, 6) is 0.442. The molecule has 13 heavy (non-hydrogen) atoms. The van der Waals surface area contributed by atoms with Gasteiger partial charge in [0.15, 0.2) is 0 Å². The van der Waals surface area contributed by atoms with E-state index in [-0.39, 0.29) is 5.16 Å². The first-order valence-electron chi connectivity index (χ1n) is 4.10. The van der Waals surface area contributed by atoms with Crippen LogP contribution in [-0.2, 0) is 0 Å². The molecule has 0 spiro atoms. The molecule has 1 unspecified atom stereocenters. The van der Waals surface area contributed by atoms with Gasteiger partial charge in [0.25, 0.3) is 0 Å². The Morgan fingerprint density at radius 2 is 1.85 bits per heavy atom. The lowest BCUT2D eigenvalue weighted by Gasteiger charge is -2.08. The molecule has 1 atom stereocenters. The summed E-state index contributed by atoms with van der Waals surface area (Å²) in [6.45, 7) is 9.85. The maximum atomic E-state index is 5.45. The Bertz CT molecular complexity index is 153. The summed E-state index contributed by atoms with van der Waals surface area (Å²) < 4.78 is 0. The van der Waals surface area contributed by atoms with Crippen LogP contribution >= 0.6 is 11.6 Å². The minimum absolute atomic E-state index is 0.139. The van der Waals surface area contributed by atoms with Gasteiger partial charge in [0, 0.05) is 5.70 Å². The van der Waals surface area contributed by atoms with E-state index in [0.29, 0.717) is 5.92 Å². The first kappa shape index (κ1) is 14.8. The minimum Gasteiger partial charge on any atom is -0.402 e. The van der Waals surface area contributed by atoms with Crippen LogP contribution in [-0.4, -0.2) is 13.6 Å². The zero-order valence-corrected chi connectivity index (χ0v) is 9.19. The van der Waals surface area contributed by atoms with Crippen molar-refractivity contribution >= 4 is 11.6 Å². The second kappa shape index (κ2) is 9.42. The van der Waals surface area contributed by atoms with Gasteiger partial charge in [-0.3, -0.25) is 0 Å². The fourth-order valence-corrected chi connectivity index (χ4v) is 0.546. The fraction of sp³-hybridized carbons (Fsp3) is 0.556. The third kappa shape index (κ3) is 18.4. The third-order valence-electron chi connectivity index (χ3n) is 1.46. The highest BCUT2D eigenvalue weighted by Gasteiger charge is 1.99. The quantitative estimate of drug-likeness (QED) is 0.608. The van der Waals surface area contributed by atoms with Crippen molar-refractivity contribution in [3.8, 4) is 0 Å². The fourth-order valence-electron chi connectivity index (χ4n) is 0.546. The largest absolute Gasteiger partial charge is 0.402 e. The summed E-state index contributed by atoms with van der Waals surface area (Å²) in [6.07, 6.45) is 1.08. The number of allylic oxidation sites excluding steroid dienone is 1. The van der Waals surface area contributed by atoms with Crippen LogP contribution in [0.25, 0.3) is 0 Å². The highest BCUT2D eigenvalue weighted by Crippen LogP contribution is 2.05. The highest BCUT2D eigenvalue weighted by molar-refractivity contribution is 6.28. The average Bonchev–Trinajstić information content (AvgIpc) is 1.98. The van der Waals surface area contributed by atoms with Crippen molar-refractivity contribution in [2.75, 3.05) is 13.6 Å². The summed E-state index contributed by atoms with van der Waals surface area (Å²) in [4.78, 5) is 0. The number of hydrogen-bond donors (Lipinski definition) is 3. The van der Waals surface area contributed by atoms with Crippen LogP contribution in [0.2, 0.25) is 0 Å². The van der Waals surface area contributed by atoms with E-state index in [2.05, 4.69) is 31.1 Å². The Hall–Kier alpha value is -0.670. The van der Waals surface area contributed by atoms with E-state index in [0.717, 1.165) is 18.7 Å². The molecule has 0 bridgehead atoms. The van der Waals surface area contributed by atoms with E-state index >= 15 is 0 Å². The maximum absolute atomic E-state index is 5.45. The number of nitrogens with two attached hydrogens (primary N) is 2. The molecule has 0 aromatic carbocycles. The summed E-state index contributed by atoms with van der Waals surface area (Å²) in [7, 11) is 1.94. The van der Waals surface area contributed by atoms with E-state index < -0.39 is 0 Å². The number of nitrogens with one attached hydrogen (secondary N) is 1. The van der Waals surface area contributed by atoms with Crippen molar-refractivity contribution in [2.45, 2.75) is 13.3 Å². The lowest BCUT2D eigenvalue weighted by Crippen LogP contribution is -2.15. The topological polar surface area (TPSA) is 64.1 Å². The van der Waals surface area contributed by atoms with Gasteiger partial charge in [0.1, 0.15) is 0 Å². The molecule has 3 nitrogen and oxygen atoms in total. The Labute approximate surface area is 85.8 Å². The molecule has 0 amide bonds. The monoisotopic (exact) mass is 205 g/mol. The van der Waals surface area contributed by atoms with Gasteiger partial charge in [-0.2, -0.15) is 0 Å². The zero-order chi connectivity index (χ0) is 10.9. The van der Waals surface area contributed by atoms with E-state index in [1.54, 1.807) is 0 Å². The molecule has 0 radical (unpaired) electrons. The Morgan fingerprint density at radius 3 is 2.08 bits per heavy atom. The first-order valence-corrected chi connectivity index (χ1v) is 4.48. The maximum Gasteiger partial charge on any atom is 0.0918 e. The molecule has 0 aromatic rings. The third-order valence-corrected chi connectivity index (χ3v) is 1.46. The van der Waals surface area contributed by atoms with Crippen LogP contribution in [0.1, 0.15) is 13.3 Å². The van der Waals surface area contributed by atoms with Crippen molar-refractivity contribution < 1.29 is 0 Å². The van der Waals surface area contributed by atoms with E-state index in [9.17, 15) is 0 Å². The Morgan fingerprint density at radius 1 is 1.46 bits per heavy atom. The molecular weight excluding hydrogens is 186 g/mol. The molecule has 5 N–H and O–H groups in total. The van der Waals surface area contributed by atoms with Gasteiger partial charge in [0.2, 0.25) is 0 Å². The van der Waals surface area contributed by atoms with Gasteiger partial charge in [-0.1, -0.05) is 31.7 Å². The van der Waals surface area contributed by atoms with Crippen molar-refractivity contribution in [2.24, 2.45) is 17.4 Å². The van der Waals surface area contributed by atoms with Crippen molar-refractivity contribution in [3.05, 3.63) is 24.0 Å². The Balaban J connectivity index is 0. The predicted octanol–water partition coefficient (Wildman–Crippen LogP) is 1.36.